The molecule has 162 valence electrons. The normalized spacial score (nSPS) is 18.9. The van der Waals surface area contributed by atoms with Crippen LogP contribution in [0.2, 0.25) is 0 Å². The number of nitrogens with zero attached hydrogens (tertiary/aromatic N) is 6. The molecule has 4 heterocycles. The Labute approximate surface area is 181 Å². The van der Waals surface area contributed by atoms with Crippen molar-refractivity contribution in [3.8, 4) is 0 Å². The van der Waals surface area contributed by atoms with Gasteiger partial charge >= 0.3 is 0 Å². The Morgan fingerprint density at radius 2 is 1.97 bits per heavy atom. The summed E-state index contributed by atoms with van der Waals surface area (Å²) in [7, 11) is 1.78. The van der Waals surface area contributed by atoms with Crippen LogP contribution in [0, 0.1) is 11.8 Å². The van der Waals surface area contributed by atoms with Gasteiger partial charge in [-0.05, 0) is 81.6 Å². The topological polar surface area (TPSA) is 58.7 Å². The van der Waals surface area contributed by atoms with E-state index in [1.165, 1.54) is 63.1 Å². The zero-order valence-corrected chi connectivity index (χ0v) is 18.9. The van der Waals surface area contributed by atoms with Crippen molar-refractivity contribution in [3.05, 3.63) is 27.6 Å². The molecule has 0 atom stereocenters. The van der Waals surface area contributed by atoms with Crippen LogP contribution >= 0.6 is 11.3 Å². The van der Waals surface area contributed by atoms with Crippen molar-refractivity contribution in [3.63, 3.8) is 0 Å². The Morgan fingerprint density at radius 3 is 2.70 bits per heavy atom. The van der Waals surface area contributed by atoms with Crippen molar-refractivity contribution < 1.29 is 0 Å². The summed E-state index contributed by atoms with van der Waals surface area (Å²) in [5, 5.41) is 10.8. The third-order valence-corrected chi connectivity index (χ3v) is 7.88. The van der Waals surface area contributed by atoms with E-state index in [2.05, 4.69) is 31.3 Å². The van der Waals surface area contributed by atoms with Gasteiger partial charge in [0.25, 0.3) is 5.56 Å². The second kappa shape index (κ2) is 8.40. The molecule has 5 rings (SSSR count). The highest BCUT2D eigenvalue weighted by Crippen LogP contribution is 2.30. The van der Waals surface area contributed by atoms with Gasteiger partial charge in [-0.3, -0.25) is 18.7 Å². The molecule has 1 aliphatic heterocycles. The summed E-state index contributed by atoms with van der Waals surface area (Å²) in [5.74, 6) is 3.39. The van der Waals surface area contributed by atoms with Crippen molar-refractivity contribution in [2.45, 2.75) is 45.6 Å². The summed E-state index contributed by atoms with van der Waals surface area (Å²) < 4.78 is 4.45. The maximum atomic E-state index is 12.5. The average molecular weight is 429 g/mol. The van der Waals surface area contributed by atoms with E-state index in [-0.39, 0.29) is 5.56 Å². The predicted octanol–water partition coefficient (Wildman–Crippen LogP) is 2.98. The van der Waals surface area contributed by atoms with Crippen LogP contribution in [0.4, 0.5) is 0 Å². The van der Waals surface area contributed by atoms with Gasteiger partial charge in [0.2, 0.25) is 5.78 Å². The molecule has 0 amide bonds. The van der Waals surface area contributed by atoms with Crippen molar-refractivity contribution in [1.29, 1.82) is 0 Å². The highest BCUT2D eigenvalue weighted by molar-refractivity contribution is 7.17. The van der Waals surface area contributed by atoms with Crippen molar-refractivity contribution in [2.75, 3.05) is 32.7 Å². The zero-order valence-electron chi connectivity index (χ0n) is 18.1. The summed E-state index contributed by atoms with van der Waals surface area (Å²) in [6.45, 7) is 9.09. The summed E-state index contributed by atoms with van der Waals surface area (Å²) >= 11 is 1.49. The summed E-state index contributed by atoms with van der Waals surface area (Å²) in [5.41, 5.74) is 0.943. The lowest BCUT2D eigenvalue weighted by Crippen LogP contribution is -2.35. The first-order valence-corrected chi connectivity index (χ1v) is 12.3. The van der Waals surface area contributed by atoms with E-state index in [1.54, 1.807) is 11.6 Å². The van der Waals surface area contributed by atoms with Gasteiger partial charge in [-0.25, -0.2) is 0 Å². The first-order valence-electron chi connectivity index (χ1n) is 11.4. The van der Waals surface area contributed by atoms with Crippen LogP contribution in [0.3, 0.4) is 0 Å². The van der Waals surface area contributed by atoms with Gasteiger partial charge in [0.05, 0.1) is 12.1 Å². The molecule has 0 radical (unpaired) electrons. The number of rotatable bonds is 8. The Morgan fingerprint density at radius 1 is 1.17 bits per heavy atom. The Bertz CT molecular complexity index is 1070. The summed E-state index contributed by atoms with van der Waals surface area (Å²) in [6, 6.07) is 2.01. The van der Waals surface area contributed by atoms with E-state index in [4.69, 9.17) is 0 Å². The number of aromatic nitrogens is 4. The first-order chi connectivity index (χ1) is 14.6. The van der Waals surface area contributed by atoms with E-state index in [1.807, 2.05) is 11.4 Å². The molecule has 1 saturated heterocycles. The number of thiophene rings is 1. The van der Waals surface area contributed by atoms with E-state index in [0.29, 0.717) is 5.78 Å². The Kier molecular flexibility index (Phi) is 5.64. The van der Waals surface area contributed by atoms with Gasteiger partial charge in [-0.15, -0.1) is 21.5 Å². The number of hydrogen-bond donors (Lipinski definition) is 0. The lowest BCUT2D eigenvalue weighted by atomic mass is 9.93. The quantitative estimate of drug-likeness (QED) is 0.552. The largest absolute Gasteiger partial charge is 0.303 e. The molecule has 0 N–H and O–H groups in total. The van der Waals surface area contributed by atoms with E-state index < -0.39 is 0 Å². The molecule has 0 unspecified atom stereocenters. The van der Waals surface area contributed by atoms with Crippen LogP contribution in [-0.2, 0) is 13.6 Å². The molecule has 3 aromatic heterocycles. The molecule has 30 heavy (non-hydrogen) atoms. The predicted molar refractivity (Wildman–Crippen MR) is 121 cm³/mol. The van der Waals surface area contributed by atoms with Crippen LogP contribution in [-0.4, -0.2) is 61.7 Å². The van der Waals surface area contributed by atoms with Crippen molar-refractivity contribution in [2.24, 2.45) is 18.9 Å². The van der Waals surface area contributed by atoms with E-state index >= 15 is 0 Å². The molecular weight excluding hydrogens is 396 g/mol. The molecule has 3 aromatic rings. The third kappa shape index (κ3) is 3.92. The Balaban J connectivity index is 1.22. The van der Waals surface area contributed by atoms with Crippen LogP contribution in [0.1, 0.15) is 44.9 Å². The standard InChI is InChI=1S/C22H32N6OS/c1-3-26(14-17-4-5-17)10-6-16-7-11-27(12-8-16)15-19-23-24-22-25(2)21(29)20-18(28(19)22)9-13-30-20/h9,13,16-17H,3-8,10-12,14-15H2,1-2H3. The van der Waals surface area contributed by atoms with E-state index in [0.717, 1.165) is 47.5 Å². The maximum Gasteiger partial charge on any atom is 0.272 e. The highest BCUT2D eigenvalue weighted by Gasteiger charge is 2.25. The number of piperidine rings is 1. The van der Waals surface area contributed by atoms with Gasteiger partial charge in [-0.1, -0.05) is 6.92 Å². The lowest BCUT2D eigenvalue weighted by Gasteiger charge is -2.32. The number of hydrogen-bond acceptors (Lipinski definition) is 6. The minimum absolute atomic E-state index is 0.00933. The van der Waals surface area contributed by atoms with E-state index in [9.17, 15) is 4.79 Å². The third-order valence-electron chi connectivity index (χ3n) is 6.98. The Hall–Kier alpha value is -1.77. The van der Waals surface area contributed by atoms with Crippen LogP contribution in [0.5, 0.6) is 0 Å². The second-order valence-corrected chi connectivity index (χ2v) is 10.0. The fourth-order valence-electron chi connectivity index (χ4n) is 4.80. The molecular formula is C22H32N6OS. The molecule has 8 heteroatoms. The molecule has 1 aliphatic carbocycles. The minimum Gasteiger partial charge on any atom is -0.303 e. The number of fused-ring (bicyclic) bond motifs is 3. The number of aryl methyl sites for hydroxylation is 1. The monoisotopic (exact) mass is 428 g/mol. The van der Waals surface area contributed by atoms with Gasteiger partial charge < -0.3 is 4.90 Å². The van der Waals surface area contributed by atoms with Gasteiger partial charge in [0.1, 0.15) is 4.70 Å². The van der Waals surface area contributed by atoms with Crippen LogP contribution in [0.15, 0.2) is 16.2 Å². The van der Waals surface area contributed by atoms with Crippen LogP contribution in [0.25, 0.3) is 16.0 Å². The van der Waals surface area contributed by atoms with Crippen molar-refractivity contribution >= 4 is 27.3 Å². The molecule has 2 aliphatic rings. The van der Waals surface area contributed by atoms with Crippen LogP contribution < -0.4 is 5.56 Å². The average Bonchev–Trinajstić information content (AvgIpc) is 3.27. The maximum absolute atomic E-state index is 12.5. The van der Waals surface area contributed by atoms with Gasteiger partial charge in [0, 0.05) is 13.6 Å². The molecule has 0 bridgehead atoms. The van der Waals surface area contributed by atoms with Crippen molar-refractivity contribution in [1.82, 2.24) is 29.0 Å². The summed E-state index contributed by atoms with van der Waals surface area (Å²) in [6.07, 6.45) is 6.75. The second-order valence-electron chi connectivity index (χ2n) is 9.10. The molecule has 1 saturated carbocycles. The molecule has 7 nitrogen and oxygen atoms in total. The summed E-state index contributed by atoms with van der Waals surface area (Å²) in [4.78, 5) is 17.7. The fourth-order valence-corrected chi connectivity index (χ4v) is 5.65. The molecule has 2 fully saturated rings. The first kappa shape index (κ1) is 20.2. The SMILES string of the molecule is CCN(CCC1CCN(Cc2nnc3n(C)c(=O)c4sccc4n23)CC1)CC1CC1. The van der Waals surface area contributed by atoms with Gasteiger partial charge in [0.15, 0.2) is 5.82 Å². The highest BCUT2D eigenvalue weighted by atomic mass is 32.1. The molecule has 0 aromatic carbocycles. The fraction of sp³-hybridized carbons (Fsp3) is 0.682. The zero-order chi connectivity index (χ0) is 20.7. The smallest absolute Gasteiger partial charge is 0.272 e. The minimum atomic E-state index is 0.00933. The number of likely N-dealkylation sites (tertiary alicyclic amines) is 1. The van der Waals surface area contributed by atoms with Gasteiger partial charge in [-0.2, -0.15) is 0 Å². The molecule has 0 spiro atoms. The lowest BCUT2D eigenvalue weighted by molar-refractivity contribution is 0.155.